The number of furan rings is 1. The number of anilines is 2. The summed E-state index contributed by atoms with van der Waals surface area (Å²) >= 11 is 2.18. The molecule has 3 N–H and O–H groups in total. The fourth-order valence-corrected chi connectivity index (χ4v) is 8.46. The largest absolute Gasteiger partial charge is 0.461 e. The maximum Gasteiger partial charge on any atom is 0.319 e. The van der Waals surface area contributed by atoms with Crippen LogP contribution in [-0.2, 0) is 0 Å². The SMILES string of the molecule is Cc1cc2c(o1)c(-c1nc(N)cc(C)c1I)c(F)c1nc(OC[C@@]34CCCN3C[C@H](F)C4)nc(N3C[C@H]4CC[C@@H](C3)N4)c12. The van der Waals surface area contributed by atoms with Crippen molar-refractivity contribution in [2.45, 2.75) is 69.7 Å². The smallest absolute Gasteiger partial charge is 0.319 e. The van der Waals surface area contributed by atoms with Crippen LogP contribution in [0, 0.1) is 23.2 Å². The van der Waals surface area contributed by atoms with E-state index in [4.69, 9.17) is 24.9 Å². The van der Waals surface area contributed by atoms with Gasteiger partial charge >= 0.3 is 6.01 Å². The zero-order valence-corrected chi connectivity index (χ0v) is 26.4. The lowest BCUT2D eigenvalue weighted by molar-refractivity contribution is 0.107. The molecule has 4 aromatic rings. The molecule has 226 valence electrons. The molecule has 12 heteroatoms. The van der Waals surface area contributed by atoms with Crippen molar-refractivity contribution in [2.75, 3.05) is 43.4 Å². The Morgan fingerprint density at radius 2 is 1.95 bits per heavy atom. The van der Waals surface area contributed by atoms with E-state index in [1.807, 2.05) is 19.9 Å². The standard InChI is InChI=1S/C31H34F2IN7O2/c1-15-8-21(35)37-27(25(15)34)23-24(33)26-22(20-9-16(2)43-28(20)23)29(40-12-18-4-5-19(13-40)36-18)39-30(38-26)42-14-31-6-3-7-41(31)11-17(32)10-31/h8-9,17-19,36H,3-7,10-14H2,1-2H3,(H2,35,37)/t17-,18-,19+,31+/m1/s1. The molecule has 4 fully saturated rings. The van der Waals surface area contributed by atoms with Gasteiger partial charge < -0.3 is 25.1 Å². The topological polar surface area (TPSA) is 106 Å². The number of alkyl halides is 1. The Labute approximate surface area is 261 Å². The number of nitrogens with one attached hydrogen (secondary N) is 1. The minimum absolute atomic E-state index is 0.104. The molecule has 0 saturated carbocycles. The number of hydrogen-bond acceptors (Lipinski definition) is 9. The van der Waals surface area contributed by atoms with Crippen molar-refractivity contribution in [3.8, 4) is 17.3 Å². The summed E-state index contributed by atoms with van der Waals surface area (Å²) in [6.07, 6.45) is 3.61. The quantitative estimate of drug-likeness (QED) is 0.269. The van der Waals surface area contributed by atoms with E-state index in [9.17, 15) is 4.39 Å². The second kappa shape index (κ2) is 10.1. The second-order valence-corrected chi connectivity index (χ2v) is 13.9. The molecule has 4 aliphatic rings. The number of benzene rings is 1. The van der Waals surface area contributed by atoms with E-state index in [0.29, 0.717) is 59.1 Å². The zero-order valence-electron chi connectivity index (χ0n) is 24.2. The third kappa shape index (κ3) is 4.46. The van der Waals surface area contributed by atoms with E-state index in [1.165, 1.54) is 0 Å². The average Bonchev–Trinajstić information content (AvgIpc) is 3.71. The lowest BCUT2D eigenvalue weighted by atomic mass is 9.95. The number of fused-ring (bicyclic) bond motifs is 6. The van der Waals surface area contributed by atoms with Crippen molar-refractivity contribution in [3.63, 3.8) is 0 Å². The van der Waals surface area contributed by atoms with Gasteiger partial charge in [0.25, 0.3) is 0 Å². The lowest BCUT2D eigenvalue weighted by Crippen LogP contribution is -2.51. The van der Waals surface area contributed by atoms with Gasteiger partial charge in [0, 0.05) is 47.1 Å². The fraction of sp³-hybridized carbons (Fsp3) is 0.516. The van der Waals surface area contributed by atoms with E-state index in [0.717, 1.165) is 59.8 Å². The number of nitrogen functional groups attached to an aromatic ring is 1. The first kappa shape index (κ1) is 27.7. The number of nitrogens with two attached hydrogens (primary N) is 1. The molecule has 2 bridgehead atoms. The summed E-state index contributed by atoms with van der Waals surface area (Å²) < 4.78 is 44.9. The molecule has 4 atom stereocenters. The number of ether oxygens (including phenoxy) is 1. The lowest BCUT2D eigenvalue weighted by Gasteiger charge is -2.35. The van der Waals surface area contributed by atoms with Crippen LogP contribution in [0.2, 0.25) is 0 Å². The Kier molecular flexibility index (Phi) is 6.50. The van der Waals surface area contributed by atoms with Gasteiger partial charge in [-0.1, -0.05) is 0 Å². The van der Waals surface area contributed by atoms with Gasteiger partial charge in [-0.3, -0.25) is 4.90 Å². The molecular formula is C31H34F2IN7O2. The van der Waals surface area contributed by atoms with E-state index in [1.54, 1.807) is 6.07 Å². The van der Waals surface area contributed by atoms with Gasteiger partial charge in [-0.2, -0.15) is 9.97 Å². The van der Waals surface area contributed by atoms with Gasteiger partial charge in [0.1, 0.15) is 41.3 Å². The predicted molar refractivity (Wildman–Crippen MR) is 170 cm³/mol. The van der Waals surface area contributed by atoms with Crippen molar-refractivity contribution in [2.24, 2.45) is 0 Å². The first-order chi connectivity index (χ1) is 20.7. The van der Waals surface area contributed by atoms with Gasteiger partial charge in [0.05, 0.1) is 22.2 Å². The zero-order chi connectivity index (χ0) is 29.6. The fourth-order valence-electron chi connectivity index (χ4n) is 7.91. The highest BCUT2D eigenvalue weighted by Crippen LogP contribution is 2.45. The number of pyridine rings is 1. The molecule has 43 heavy (non-hydrogen) atoms. The van der Waals surface area contributed by atoms with Gasteiger partial charge in [-0.05, 0) is 86.4 Å². The summed E-state index contributed by atoms with van der Waals surface area (Å²) in [4.78, 5) is 18.7. The van der Waals surface area contributed by atoms with Gasteiger partial charge in [-0.15, -0.1) is 0 Å². The summed E-state index contributed by atoms with van der Waals surface area (Å²) in [6.45, 7) is 6.83. The van der Waals surface area contributed by atoms with E-state index in [-0.39, 0.29) is 29.2 Å². The molecule has 0 spiro atoms. The highest BCUT2D eigenvalue weighted by molar-refractivity contribution is 14.1. The highest BCUT2D eigenvalue weighted by atomic mass is 127. The van der Waals surface area contributed by atoms with Crippen LogP contribution in [0.25, 0.3) is 33.1 Å². The van der Waals surface area contributed by atoms with Crippen molar-refractivity contribution in [1.82, 2.24) is 25.2 Å². The molecule has 0 amide bonds. The normalized spacial score (nSPS) is 27.1. The molecule has 8 rings (SSSR count). The maximum absolute atomic E-state index is 17.1. The Hall–Kier alpha value is -2.84. The average molecular weight is 702 g/mol. The molecule has 4 saturated heterocycles. The Morgan fingerprint density at radius 3 is 2.74 bits per heavy atom. The predicted octanol–water partition coefficient (Wildman–Crippen LogP) is 5.28. The molecule has 0 radical (unpaired) electrons. The first-order valence-corrected chi connectivity index (χ1v) is 16.2. The third-order valence-corrected chi connectivity index (χ3v) is 11.2. The first-order valence-electron chi connectivity index (χ1n) is 15.1. The van der Waals surface area contributed by atoms with Crippen molar-refractivity contribution >= 4 is 56.1 Å². The Bertz CT molecular complexity index is 1770. The van der Waals surface area contributed by atoms with Gasteiger partial charge in [-0.25, -0.2) is 13.8 Å². The maximum atomic E-state index is 17.1. The summed E-state index contributed by atoms with van der Waals surface area (Å²) in [5.41, 5.74) is 7.86. The number of aromatic nitrogens is 3. The van der Waals surface area contributed by atoms with E-state index in [2.05, 4.69) is 42.7 Å². The minimum atomic E-state index is -0.873. The Morgan fingerprint density at radius 1 is 1.16 bits per heavy atom. The van der Waals surface area contributed by atoms with Gasteiger partial charge in [0.2, 0.25) is 0 Å². The van der Waals surface area contributed by atoms with Crippen LogP contribution in [-0.4, -0.2) is 76.4 Å². The number of hydrogen-bond donors (Lipinski definition) is 2. The van der Waals surface area contributed by atoms with Crippen LogP contribution in [0.1, 0.15) is 43.4 Å². The van der Waals surface area contributed by atoms with Crippen LogP contribution >= 0.6 is 22.6 Å². The summed E-state index contributed by atoms with van der Waals surface area (Å²) in [5.74, 6) is 1.03. The van der Waals surface area contributed by atoms with Crippen molar-refractivity contribution in [3.05, 3.63) is 32.8 Å². The van der Waals surface area contributed by atoms with Crippen LogP contribution < -0.4 is 20.7 Å². The summed E-state index contributed by atoms with van der Waals surface area (Å²) in [6, 6.07) is 4.48. The summed E-state index contributed by atoms with van der Waals surface area (Å²) in [5, 5.41) is 5.00. The number of halogens is 3. The molecule has 4 aliphatic heterocycles. The molecular weight excluding hydrogens is 667 g/mol. The molecule has 0 aliphatic carbocycles. The van der Waals surface area contributed by atoms with E-state index >= 15 is 4.39 Å². The molecule has 1 aromatic carbocycles. The number of piperazine rings is 1. The molecule has 9 nitrogen and oxygen atoms in total. The van der Waals surface area contributed by atoms with Crippen molar-refractivity contribution < 1.29 is 17.9 Å². The van der Waals surface area contributed by atoms with Crippen LogP contribution in [0.5, 0.6) is 6.01 Å². The Balaban J connectivity index is 1.34. The third-order valence-electron chi connectivity index (χ3n) is 9.79. The summed E-state index contributed by atoms with van der Waals surface area (Å²) in [7, 11) is 0. The highest BCUT2D eigenvalue weighted by Gasteiger charge is 2.49. The number of nitrogens with zero attached hydrogens (tertiary/aromatic N) is 5. The van der Waals surface area contributed by atoms with Gasteiger partial charge in [0.15, 0.2) is 5.82 Å². The van der Waals surface area contributed by atoms with E-state index < -0.39 is 12.0 Å². The minimum Gasteiger partial charge on any atom is -0.461 e. The van der Waals surface area contributed by atoms with Crippen LogP contribution in [0.15, 0.2) is 16.5 Å². The second-order valence-electron chi connectivity index (χ2n) is 12.8. The molecule has 3 aromatic heterocycles. The molecule has 0 unspecified atom stereocenters. The monoisotopic (exact) mass is 701 g/mol. The number of aryl methyl sites for hydroxylation is 2. The molecule has 7 heterocycles. The van der Waals surface area contributed by atoms with Crippen LogP contribution in [0.3, 0.4) is 0 Å². The number of rotatable bonds is 5. The van der Waals surface area contributed by atoms with Crippen molar-refractivity contribution in [1.29, 1.82) is 0 Å². The van der Waals surface area contributed by atoms with Crippen LogP contribution in [0.4, 0.5) is 20.4 Å².